The summed E-state index contributed by atoms with van der Waals surface area (Å²) in [4.78, 5) is 0. The van der Waals surface area contributed by atoms with Crippen LogP contribution in [0.4, 0.5) is 4.39 Å². The Bertz CT molecular complexity index is 770. The summed E-state index contributed by atoms with van der Waals surface area (Å²) in [6, 6.07) is 15.0. The minimum Gasteiger partial charge on any atom is -0.489 e. The van der Waals surface area contributed by atoms with Crippen LogP contribution in [0.3, 0.4) is 0 Å². The van der Waals surface area contributed by atoms with Gasteiger partial charge in [0.25, 0.3) is 0 Å². The summed E-state index contributed by atoms with van der Waals surface area (Å²) in [6.07, 6.45) is 1.48. The van der Waals surface area contributed by atoms with Gasteiger partial charge in [-0.1, -0.05) is 29.8 Å². The van der Waals surface area contributed by atoms with Gasteiger partial charge in [0.15, 0.2) is 0 Å². The topological polar surface area (TPSA) is 56.8 Å². The predicted molar refractivity (Wildman–Crippen MR) is 81.4 cm³/mol. The Morgan fingerprint density at radius 1 is 1.14 bits per heavy atom. The van der Waals surface area contributed by atoms with Crippen molar-refractivity contribution in [1.82, 2.24) is 0 Å². The molecule has 0 aliphatic rings. The van der Waals surface area contributed by atoms with Crippen LogP contribution in [-0.4, -0.2) is 0 Å². The Labute approximate surface area is 132 Å². The van der Waals surface area contributed by atoms with Crippen molar-refractivity contribution < 1.29 is 9.13 Å². The molecule has 0 spiro atoms. The van der Waals surface area contributed by atoms with E-state index in [9.17, 15) is 4.39 Å². The van der Waals surface area contributed by atoms with E-state index in [2.05, 4.69) is 0 Å². The van der Waals surface area contributed by atoms with Crippen molar-refractivity contribution in [1.29, 1.82) is 10.5 Å². The molecule has 3 nitrogen and oxygen atoms in total. The average Bonchev–Trinajstić information content (AvgIpc) is 2.55. The molecule has 0 atom stereocenters. The van der Waals surface area contributed by atoms with Gasteiger partial charge < -0.3 is 4.74 Å². The highest BCUT2D eigenvalue weighted by atomic mass is 35.5. The average molecular weight is 313 g/mol. The molecular weight excluding hydrogens is 303 g/mol. The van der Waals surface area contributed by atoms with Crippen molar-refractivity contribution in [2.24, 2.45) is 0 Å². The van der Waals surface area contributed by atoms with E-state index in [1.807, 2.05) is 0 Å². The van der Waals surface area contributed by atoms with Crippen molar-refractivity contribution in [3.63, 3.8) is 0 Å². The van der Waals surface area contributed by atoms with Crippen LogP contribution in [-0.2, 0) is 6.61 Å². The highest BCUT2D eigenvalue weighted by Crippen LogP contribution is 2.19. The third-order valence-electron chi connectivity index (χ3n) is 2.82. The number of benzene rings is 2. The summed E-state index contributed by atoms with van der Waals surface area (Å²) in [7, 11) is 0. The minimum atomic E-state index is -0.483. The van der Waals surface area contributed by atoms with Crippen LogP contribution in [0.5, 0.6) is 5.75 Å². The van der Waals surface area contributed by atoms with Gasteiger partial charge in [-0.25, -0.2) is 4.39 Å². The first kappa shape index (κ1) is 15.6. The van der Waals surface area contributed by atoms with E-state index in [-0.39, 0.29) is 17.2 Å². The Morgan fingerprint density at radius 3 is 2.41 bits per heavy atom. The largest absolute Gasteiger partial charge is 0.489 e. The second-order valence-corrected chi connectivity index (χ2v) is 4.79. The monoisotopic (exact) mass is 312 g/mol. The Hall–Kier alpha value is -2.82. The van der Waals surface area contributed by atoms with Crippen molar-refractivity contribution >= 4 is 17.7 Å². The quantitative estimate of drug-likeness (QED) is 0.782. The van der Waals surface area contributed by atoms with Gasteiger partial charge in [-0.3, -0.25) is 0 Å². The maximum absolute atomic E-state index is 13.3. The Morgan fingerprint density at radius 2 is 1.82 bits per heavy atom. The molecule has 2 aromatic carbocycles. The van der Waals surface area contributed by atoms with Crippen molar-refractivity contribution in [2.75, 3.05) is 0 Å². The molecular formula is C17H10ClFN2O. The smallest absolute Gasteiger partial charge is 0.142 e. The van der Waals surface area contributed by atoms with Crippen LogP contribution in [0.1, 0.15) is 11.1 Å². The van der Waals surface area contributed by atoms with Crippen LogP contribution in [0, 0.1) is 28.5 Å². The number of nitrogens with zero attached hydrogens (tertiary/aromatic N) is 2. The van der Waals surface area contributed by atoms with Crippen LogP contribution < -0.4 is 4.74 Å². The molecule has 0 radical (unpaired) electrons. The SMILES string of the molecule is N#CC(C#N)=Cc1ccc(OCc2ccc(Cl)c(F)c2)cc1. The molecule has 22 heavy (non-hydrogen) atoms. The van der Waals surface area contributed by atoms with Crippen molar-refractivity contribution in [3.8, 4) is 17.9 Å². The van der Waals surface area contributed by atoms with Gasteiger partial charge in [0.2, 0.25) is 0 Å². The molecule has 2 aromatic rings. The molecule has 5 heteroatoms. The lowest BCUT2D eigenvalue weighted by Crippen LogP contribution is -1.96. The zero-order valence-corrected chi connectivity index (χ0v) is 12.1. The molecule has 0 heterocycles. The highest BCUT2D eigenvalue weighted by molar-refractivity contribution is 6.30. The minimum absolute atomic E-state index is 0.0327. The van der Waals surface area contributed by atoms with Crippen molar-refractivity contribution in [2.45, 2.75) is 6.61 Å². The zero-order valence-electron chi connectivity index (χ0n) is 11.4. The molecule has 0 amide bonds. The van der Waals surface area contributed by atoms with E-state index in [0.717, 1.165) is 5.56 Å². The van der Waals surface area contributed by atoms with Crippen LogP contribution >= 0.6 is 11.6 Å². The van der Waals surface area contributed by atoms with E-state index in [1.165, 1.54) is 18.2 Å². The molecule has 0 saturated heterocycles. The number of rotatable bonds is 4. The lowest BCUT2D eigenvalue weighted by Gasteiger charge is -2.07. The van der Waals surface area contributed by atoms with Gasteiger partial charge >= 0.3 is 0 Å². The standard InChI is InChI=1S/C17H10ClFN2O/c18-16-6-3-13(8-17(16)19)11-22-15-4-1-12(2-5-15)7-14(9-20)10-21/h1-8H,11H2. The molecule has 2 rings (SSSR count). The normalized spacial score (nSPS) is 9.45. The number of allylic oxidation sites excluding steroid dienone is 1. The van der Waals surface area contributed by atoms with Gasteiger partial charge in [-0.15, -0.1) is 0 Å². The van der Waals surface area contributed by atoms with E-state index < -0.39 is 5.82 Å². The van der Waals surface area contributed by atoms with Crippen molar-refractivity contribution in [3.05, 3.63) is 70.0 Å². The van der Waals surface area contributed by atoms with Gasteiger partial charge in [0.1, 0.15) is 35.9 Å². The molecule has 0 bridgehead atoms. The van der Waals surface area contributed by atoms with E-state index >= 15 is 0 Å². The second kappa shape index (κ2) is 7.26. The summed E-state index contributed by atoms with van der Waals surface area (Å²) in [5.41, 5.74) is 1.43. The molecule has 0 fully saturated rings. The molecule has 0 saturated carbocycles. The fourth-order valence-corrected chi connectivity index (χ4v) is 1.83. The summed E-state index contributed by atoms with van der Waals surface area (Å²) < 4.78 is 18.8. The number of hydrogen-bond acceptors (Lipinski definition) is 3. The summed E-state index contributed by atoms with van der Waals surface area (Å²) in [6.45, 7) is 0.213. The third kappa shape index (κ3) is 4.09. The first-order valence-corrected chi connectivity index (χ1v) is 6.69. The fourth-order valence-electron chi connectivity index (χ4n) is 1.71. The maximum atomic E-state index is 13.3. The van der Waals surface area contributed by atoms with Gasteiger partial charge in [0.05, 0.1) is 5.02 Å². The van der Waals surface area contributed by atoms with E-state index in [0.29, 0.717) is 11.3 Å². The fraction of sp³-hybridized carbons (Fsp3) is 0.0588. The number of hydrogen-bond donors (Lipinski definition) is 0. The van der Waals surface area contributed by atoms with Gasteiger partial charge in [-0.05, 0) is 41.5 Å². The number of ether oxygens (including phenoxy) is 1. The van der Waals surface area contributed by atoms with Gasteiger partial charge in [0, 0.05) is 0 Å². The highest BCUT2D eigenvalue weighted by Gasteiger charge is 2.02. The maximum Gasteiger partial charge on any atom is 0.142 e. The summed E-state index contributed by atoms with van der Waals surface area (Å²) >= 11 is 5.61. The van der Waals surface area contributed by atoms with Crippen LogP contribution in [0.15, 0.2) is 48.0 Å². The summed E-state index contributed by atoms with van der Waals surface area (Å²) in [5.74, 6) is 0.117. The first-order valence-electron chi connectivity index (χ1n) is 6.31. The lowest BCUT2D eigenvalue weighted by atomic mass is 10.1. The molecule has 0 aliphatic carbocycles. The molecule has 0 N–H and O–H groups in total. The Balaban J connectivity index is 2.03. The van der Waals surface area contributed by atoms with E-state index in [1.54, 1.807) is 42.5 Å². The van der Waals surface area contributed by atoms with Crippen LogP contribution in [0.2, 0.25) is 5.02 Å². The lowest BCUT2D eigenvalue weighted by molar-refractivity contribution is 0.305. The first-order chi connectivity index (χ1) is 10.6. The summed E-state index contributed by atoms with van der Waals surface area (Å²) in [5, 5.41) is 17.5. The third-order valence-corrected chi connectivity index (χ3v) is 3.13. The number of halogens is 2. The Kier molecular flexibility index (Phi) is 5.14. The zero-order chi connectivity index (χ0) is 15.9. The van der Waals surface area contributed by atoms with Gasteiger partial charge in [-0.2, -0.15) is 10.5 Å². The number of nitriles is 2. The molecule has 0 aromatic heterocycles. The predicted octanol–water partition coefficient (Wildman–Crippen LogP) is 4.49. The second-order valence-electron chi connectivity index (χ2n) is 4.39. The molecule has 108 valence electrons. The molecule has 0 unspecified atom stereocenters. The molecule has 0 aliphatic heterocycles. The van der Waals surface area contributed by atoms with Crippen LogP contribution in [0.25, 0.3) is 6.08 Å². The van der Waals surface area contributed by atoms with E-state index in [4.69, 9.17) is 26.9 Å².